The maximum atomic E-state index is 12.8. The summed E-state index contributed by atoms with van der Waals surface area (Å²) in [5.41, 5.74) is 4.33. The maximum Gasteiger partial charge on any atom is 0.416 e. The lowest BCUT2D eigenvalue weighted by atomic mass is 9.95. The minimum Gasteiger partial charge on any atom is -0.457 e. The monoisotopic (exact) mass is 467 g/mol. The van der Waals surface area contributed by atoms with E-state index in [1.54, 1.807) is 12.1 Å². The van der Waals surface area contributed by atoms with E-state index in [1.165, 1.54) is 18.2 Å². The van der Waals surface area contributed by atoms with E-state index in [9.17, 15) is 22.8 Å². The second-order valence-electron chi connectivity index (χ2n) is 7.08. The van der Waals surface area contributed by atoms with Gasteiger partial charge in [-0.3, -0.25) is 4.57 Å². The Bertz CT molecular complexity index is 921. The Hall–Kier alpha value is -1.61. The van der Waals surface area contributed by atoms with Gasteiger partial charge in [-0.05, 0) is 55.2 Å². The van der Waals surface area contributed by atoms with Crippen molar-refractivity contribution >= 4 is 19.2 Å². The number of ether oxygens (including phenoxy) is 1. The van der Waals surface area contributed by atoms with Crippen LogP contribution in [0.3, 0.4) is 0 Å². The van der Waals surface area contributed by atoms with Crippen molar-refractivity contribution in [2.45, 2.75) is 31.0 Å². The average Bonchev–Trinajstić information content (AvgIpc) is 2.62. The predicted octanol–water partition coefficient (Wildman–Crippen LogP) is 4.34. The van der Waals surface area contributed by atoms with E-state index in [2.05, 4.69) is 0 Å². The van der Waals surface area contributed by atoms with Crippen LogP contribution in [0.5, 0.6) is 11.5 Å². The molecule has 0 aromatic heterocycles. The fraction of sp³-hybridized carbons (Fsp3) is 0.368. The van der Waals surface area contributed by atoms with E-state index in [0.717, 1.165) is 12.1 Å². The molecule has 6 nitrogen and oxygen atoms in total. The first kappa shape index (κ1) is 24.7. The van der Waals surface area contributed by atoms with Gasteiger partial charge in [0.25, 0.3) is 0 Å². The number of aryl methyl sites for hydroxylation is 1. The van der Waals surface area contributed by atoms with Crippen molar-refractivity contribution in [3.8, 4) is 11.5 Å². The van der Waals surface area contributed by atoms with Crippen molar-refractivity contribution in [3.63, 3.8) is 0 Å². The molecule has 30 heavy (non-hydrogen) atoms. The van der Waals surface area contributed by atoms with E-state index in [4.69, 9.17) is 31.9 Å². The third kappa shape index (κ3) is 7.58. The molecular formula is C19H22ClF3NO5P. The van der Waals surface area contributed by atoms with Crippen molar-refractivity contribution in [1.82, 2.24) is 0 Å². The number of nitrogens with two attached hydrogens (primary N) is 1. The summed E-state index contributed by atoms with van der Waals surface area (Å²) in [6, 6.07) is 9.14. The molecule has 0 saturated heterocycles. The normalized spacial score (nSPS) is 14.4. The van der Waals surface area contributed by atoms with Gasteiger partial charge in [0.15, 0.2) is 0 Å². The van der Waals surface area contributed by atoms with Gasteiger partial charge in [-0.1, -0.05) is 23.7 Å². The molecule has 0 saturated carbocycles. The number of aliphatic hydroxyl groups excluding tert-OH is 1. The standard InChI is InChI=1S/C19H22ClF3NO5P/c20-17-10-16(29-15-5-1-4-14(9-15)19(21,22)23)7-6-13(17)3-2-8-18(24,11-25)12-30(26,27)28/h1,4-7,9-10,25H,2-3,8,11-12,24H2,(H2,26,27,28). The lowest BCUT2D eigenvalue weighted by molar-refractivity contribution is -0.137. The molecule has 11 heteroatoms. The molecule has 0 aliphatic heterocycles. The van der Waals surface area contributed by atoms with Crippen LogP contribution in [0.25, 0.3) is 0 Å². The van der Waals surface area contributed by atoms with E-state index in [-0.39, 0.29) is 17.9 Å². The molecule has 0 amide bonds. The number of aliphatic hydroxyl groups is 1. The van der Waals surface area contributed by atoms with Gasteiger partial charge in [0.05, 0.1) is 23.9 Å². The highest BCUT2D eigenvalue weighted by molar-refractivity contribution is 7.51. The lowest BCUT2D eigenvalue weighted by Crippen LogP contribution is -2.47. The first-order valence-electron chi connectivity index (χ1n) is 8.89. The molecule has 0 fully saturated rings. The minimum absolute atomic E-state index is 0.0157. The van der Waals surface area contributed by atoms with Gasteiger partial charge in [-0.15, -0.1) is 0 Å². The molecule has 1 atom stereocenters. The lowest BCUT2D eigenvalue weighted by Gasteiger charge is -2.27. The van der Waals surface area contributed by atoms with Crippen LogP contribution in [0.2, 0.25) is 5.02 Å². The minimum atomic E-state index is -4.48. The number of hydrogen-bond acceptors (Lipinski definition) is 4. The van der Waals surface area contributed by atoms with Crippen LogP contribution in [0.15, 0.2) is 42.5 Å². The fourth-order valence-corrected chi connectivity index (χ4v) is 4.26. The van der Waals surface area contributed by atoms with Gasteiger partial charge in [0.1, 0.15) is 11.5 Å². The highest BCUT2D eigenvalue weighted by Gasteiger charge is 2.32. The van der Waals surface area contributed by atoms with Crippen LogP contribution < -0.4 is 10.5 Å². The number of hydrogen-bond donors (Lipinski definition) is 4. The second kappa shape index (κ2) is 9.68. The molecule has 5 N–H and O–H groups in total. The van der Waals surface area contributed by atoms with E-state index in [0.29, 0.717) is 23.4 Å². The zero-order valence-corrected chi connectivity index (χ0v) is 17.4. The summed E-state index contributed by atoms with van der Waals surface area (Å²) in [5.74, 6) is 0.273. The van der Waals surface area contributed by atoms with Crippen molar-refractivity contribution in [3.05, 3.63) is 58.6 Å². The van der Waals surface area contributed by atoms with Crippen molar-refractivity contribution < 1.29 is 37.4 Å². The smallest absolute Gasteiger partial charge is 0.416 e. The average molecular weight is 468 g/mol. The van der Waals surface area contributed by atoms with E-state index >= 15 is 0 Å². The summed E-state index contributed by atoms with van der Waals surface area (Å²) in [6.07, 6.45) is -4.12. The van der Waals surface area contributed by atoms with Crippen LogP contribution in [0.4, 0.5) is 13.2 Å². The van der Waals surface area contributed by atoms with Gasteiger partial charge >= 0.3 is 13.8 Å². The number of benzene rings is 2. The molecule has 1 unspecified atom stereocenters. The SMILES string of the molecule is NC(CO)(CCCc1ccc(Oc2cccc(C(F)(F)F)c2)cc1Cl)CP(=O)(O)O. The maximum absolute atomic E-state index is 12.8. The number of rotatable bonds is 9. The van der Waals surface area contributed by atoms with Crippen LogP contribution in [0, 0.1) is 0 Å². The van der Waals surface area contributed by atoms with Crippen molar-refractivity contribution in [2.24, 2.45) is 5.73 Å². The Morgan fingerprint density at radius 2 is 1.77 bits per heavy atom. The third-order valence-electron chi connectivity index (χ3n) is 4.38. The molecule has 2 aromatic rings. The molecular weight excluding hydrogens is 446 g/mol. The van der Waals surface area contributed by atoms with Gasteiger partial charge in [-0.2, -0.15) is 13.2 Å². The first-order valence-corrected chi connectivity index (χ1v) is 11.1. The summed E-state index contributed by atoms with van der Waals surface area (Å²) < 4.78 is 55.0. The highest BCUT2D eigenvalue weighted by Crippen LogP contribution is 2.39. The van der Waals surface area contributed by atoms with Crippen LogP contribution in [-0.4, -0.2) is 33.2 Å². The molecule has 2 rings (SSSR count). The van der Waals surface area contributed by atoms with E-state index < -0.39 is 37.6 Å². The Kier molecular flexibility index (Phi) is 7.96. The zero-order valence-electron chi connectivity index (χ0n) is 15.8. The van der Waals surface area contributed by atoms with Crippen LogP contribution in [-0.2, 0) is 17.2 Å². The number of alkyl halides is 3. The molecule has 0 aliphatic carbocycles. The van der Waals surface area contributed by atoms with Crippen LogP contribution >= 0.6 is 19.2 Å². The van der Waals surface area contributed by atoms with Gasteiger partial charge in [-0.25, -0.2) is 0 Å². The Balaban J connectivity index is 2.01. The largest absolute Gasteiger partial charge is 0.457 e. The second-order valence-corrected chi connectivity index (χ2v) is 9.13. The summed E-state index contributed by atoms with van der Waals surface area (Å²) in [5, 5.41) is 9.69. The van der Waals surface area contributed by atoms with Crippen molar-refractivity contribution in [1.29, 1.82) is 0 Å². The summed E-state index contributed by atoms with van der Waals surface area (Å²) >= 11 is 6.22. The predicted molar refractivity (Wildman–Crippen MR) is 107 cm³/mol. The molecule has 0 aliphatic rings. The van der Waals surface area contributed by atoms with Crippen molar-refractivity contribution in [2.75, 3.05) is 12.8 Å². The van der Waals surface area contributed by atoms with Gasteiger partial charge < -0.3 is 25.4 Å². The fourth-order valence-electron chi connectivity index (χ4n) is 2.92. The first-order chi connectivity index (χ1) is 13.8. The van der Waals surface area contributed by atoms with Gasteiger partial charge in [0, 0.05) is 5.02 Å². The Morgan fingerprint density at radius 1 is 1.10 bits per heavy atom. The quantitative estimate of drug-likeness (QED) is 0.408. The molecule has 0 spiro atoms. The Morgan fingerprint density at radius 3 is 2.33 bits per heavy atom. The summed E-state index contributed by atoms with van der Waals surface area (Å²) in [6.45, 7) is -0.574. The van der Waals surface area contributed by atoms with E-state index in [1.807, 2.05) is 0 Å². The molecule has 0 heterocycles. The molecule has 2 aromatic carbocycles. The summed E-state index contributed by atoms with van der Waals surface area (Å²) in [7, 11) is -4.38. The molecule has 0 bridgehead atoms. The van der Waals surface area contributed by atoms with Crippen LogP contribution in [0.1, 0.15) is 24.0 Å². The zero-order chi connectivity index (χ0) is 22.6. The topological polar surface area (TPSA) is 113 Å². The Labute approximate surface area is 176 Å². The highest BCUT2D eigenvalue weighted by atomic mass is 35.5. The third-order valence-corrected chi connectivity index (χ3v) is 5.77. The molecule has 0 radical (unpaired) electrons. The summed E-state index contributed by atoms with van der Waals surface area (Å²) in [4.78, 5) is 18.2. The molecule has 166 valence electrons. The number of halogens is 4. The van der Waals surface area contributed by atoms with Gasteiger partial charge in [0.2, 0.25) is 0 Å².